The Morgan fingerprint density at radius 1 is 1.10 bits per heavy atom. The molecule has 0 saturated carbocycles. The maximum atomic E-state index is 9.60. The molecule has 0 radical (unpaired) electrons. The molecule has 1 aromatic carbocycles. The summed E-state index contributed by atoms with van der Waals surface area (Å²) in [6.07, 6.45) is 8.85. The van der Waals surface area contributed by atoms with Gasteiger partial charge >= 0.3 is 5.97 Å². The molecule has 0 heterocycles. The zero-order chi connectivity index (χ0) is 16.1. The number of aliphatic carboxylic acids is 1. The van der Waals surface area contributed by atoms with Gasteiger partial charge in [-0.3, -0.25) is 0 Å². The van der Waals surface area contributed by atoms with Crippen molar-refractivity contribution in [3.63, 3.8) is 0 Å². The number of phenols is 1. The Labute approximate surface area is 128 Å². The minimum atomic E-state index is -0.935. The van der Waals surface area contributed by atoms with E-state index in [1.54, 1.807) is 6.07 Å². The van der Waals surface area contributed by atoms with Gasteiger partial charge in [0.15, 0.2) is 0 Å². The zero-order valence-electron chi connectivity index (χ0n) is 13.3. The molecule has 0 unspecified atom stereocenters. The van der Waals surface area contributed by atoms with E-state index < -0.39 is 5.97 Å². The van der Waals surface area contributed by atoms with Crippen molar-refractivity contribution in [2.45, 2.75) is 58.8 Å². The predicted molar refractivity (Wildman–Crippen MR) is 87.6 cm³/mol. The van der Waals surface area contributed by atoms with Crippen LogP contribution in [-0.4, -0.2) is 16.2 Å². The first-order chi connectivity index (χ1) is 9.99. The van der Waals surface area contributed by atoms with E-state index in [9.17, 15) is 9.90 Å². The summed E-state index contributed by atoms with van der Waals surface area (Å²) in [6, 6.07) is 7.65. The third-order valence-corrected chi connectivity index (χ3v) is 3.16. The van der Waals surface area contributed by atoms with Crippen LogP contribution in [0.2, 0.25) is 0 Å². The number of hydrogen-bond donors (Lipinski definition) is 2. The Morgan fingerprint density at radius 3 is 2.14 bits per heavy atom. The van der Waals surface area contributed by atoms with Crippen molar-refractivity contribution in [1.82, 2.24) is 0 Å². The molecule has 0 spiro atoms. The second-order valence-electron chi connectivity index (χ2n) is 5.23. The van der Waals surface area contributed by atoms with Crippen molar-refractivity contribution in [2.24, 2.45) is 0 Å². The SMILES string of the molecule is C=C(C)C(=O)O.CCCCCCCCc1ccccc1O. The fourth-order valence-electron chi connectivity index (χ4n) is 1.82. The molecule has 118 valence electrons. The van der Waals surface area contributed by atoms with Crippen molar-refractivity contribution in [1.29, 1.82) is 0 Å². The summed E-state index contributed by atoms with van der Waals surface area (Å²) in [5.74, 6) is -0.485. The maximum absolute atomic E-state index is 9.60. The van der Waals surface area contributed by atoms with Gasteiger partial charge in [0.1, 0.15) is 5.75 Å². The molecule has 2 N–H and O–H groups in total. The zero-order valence-corrected chi connectivity index (χ0v) is 13.3. The minimum Gasteiger partial charge on any atom is -0.508 e. The van der Waals surface area contributed by atoms with Gasteiger partial charge in [-0.25, -0.2) is 4.79 Å². The quantitative estimate of drug-likeness (QED) is 0.527. The highest BCUT2D eigenvalue weighted by molar-refractivity contribution is 5.84. The molecule has 0 fully saturated rings. The van der Waals surface area contributed by atoms with Crippen LogP contribution in [-0.2, 0) is 11.2 Å². The summed E-state index contributed by atoms with van der Waals surface area (Å²) in [4.78, 5) is 9.60. The van der Waals surface area contributed by atoms with Gasteiger partial charge in [-0.15, -0.1) is 0 Å². The molecule has 0 bridgehead atoms. The number of carbonyl (C=O) groups is 1. The van der Waals surface area contributed by atoms with Gasteiger partial charge in [-0.05, 0) is 31.4 Å². The maximum Gasteiger partial charge on any atom is 0.330 e. The average Bonchev–Trinajstić information content (AvgIpc) is 2.45. The Morgan fingerprint density at radius 2 is 1.62 bits per heavy atom. The fourth-order valence-corrected chi connectivity index (χ4v) is 1.82. The Hall–Kier alpha value is -1.77. The summed E-state index contributed by atoms with van der Waals surface area (Å²) in [6.45, 7) is 6.84. The molecule has 1 aromatic rings. The average molecular weight is 292 g/mol. The highest BCUT2D eigenvalue weighted by Crippen LogP contribution is 2.18. The summed E-state index contributed by atoms with van der Waals surface area (Å²) in [5.41, 5.74) is 1.27. The first-order valence-corrected chi connectivity index (χ1v) is 7.64. The van der Waals surface area contributed by atoms with Gasteiger partial charge < -0.3 is 10.2 Å². The van der Waals surface area contributed by atoms with Crippen LogP contribution in [0.5, 0.6) is 5.75 Å². The number of rotatable bonds is 8. The Balaban J connectivity index is 0.000000567. The molecule has 1 rings (SSSR count). The Bertz CT molecular complexity index is 412. The molecular weight excluding hydrogens is 264 g/mol. The number of unbranched alkanes of at least 4 members (excludes halogenated alkanes) is 5. The lowest BCUT2D eigenvalue weighted by Gasteiger charge is -2.03. The molecule has 0 aliphatic heterocycles. The van der Waals surface area contributed by atoms with E-state index in [4.69, 9.17) is 5.11 Å². The summed E-state index contributed by atoms with van der Waals surface area (Å²) >= 11 is 0. The molecule has 0 aromatic heterocycles. The van der Waals surface area contributed by atoms with Crippen LogP contribution in [0, 0.1) is 0 Å². The number of hydrogen-bond acceptors (Lipinski definition) is 2. The molecule has 0 amide bonds. The van der Waals surface area contributed by atoms with E-state index in [1.165, 1.54) is 45.4 Å². The second-order valence-corrected chi connectivity index (χ2v) is 5.23. The van der Waals surface area contributed by atoms with Crippen LogP contribution >= 0.6 is 0 Å². The van der Waals surface area contributed by atoms with E-state index in [0.717, 1.165) is 12.0 Å². The topological polar surface area (TPSA) is 57.5 Å². The number of carboxylic acid groups (broad SMARTS) is 1. The normalized spacial score (nSPS) is 9.62. The van der Waals surface area contributed by atoms with E-state index in [2.05, 4.69) is 13.5 Å². The molecule has 0 atom stereocenters. The molecular formula is C18H28O3. The molecule has 0 saturated heterocycles. The number of aromatic hydroxyl groups is 1. The van der Waals surface area contributed by atoms with E-state index in [-0.39, 0.29) is 5.57 Å². The van der Waals surface area contributed by atoms with Gasteiger partial charge in [0.25, 0.3) is 0 Å². The third kappa shape index (κ3) is 10.7. The van der Waals surface area contributed by atoms with Crippen molar-refractivity contribution < 1.29 is 15.0 Å². The van der Waals surface area contributed by atoms with Crippen LogP contribution in [0.1, 0.15) is 57.9 Å². The van der Waals surface area contributed by atoms with E-state index in [1.807, 2.05) is 18.2 Å². The fraction of sp³-hybridized carbons (Fsp3) is 0.500. The summed E-state index contributed by atoms with van der Waals surface area (Å²) in [7, 11) is 0. The standard InChI is InChI=1S/C14H22O.C4H6O2/c1-2-3-4-5-6-7-10-13-11-8-9-12-14(13)15;1-3(2)4(5)6/h8-9,11-12,15H,2-7,10H2,1H3;1H2,2H3,(H,5,6). The van der Waals surface area contributed by atoms with Crippen LogP contribution in [0.25, 0.3) is 0 Å². The van der Waals surface area contributed by atoms with Gasteiger partial charge in [0.05, 0.1) is 0 Å². The first kappa shape index (κ1) is 19.2. The smallest absolute Gasteiger partial charge is 0.330 e. The van der Waals surface area contributed by atoms with Gasteiger partial charge in [-0.1, -0.05) is 63.8 Å². The number of aryl methyl sites for hydroxylation is 1. The van der Waals surface area contributed by atoms with Crippen molar-refractivity contribution in [3.05, 3.63) is 42.0 Å². The van der Waals surface area contributed by atoms with Crippen molar-refractivity contribution in [2.75, 3.05) is 0 Å². The highest BCUT2D eigenvalue weighted by atomic mass is 16.4. The van der Waals surface area contributed by atoms with Crippen LogP contribution in [0.4, 0.5) is 0 Å². The van der Waals surface area contributed by atoms with Gasteiger partial charge in [0, 0.05) is 5.57 Å². The van der Waals surface area contributed by atoms with Crippen LogP contribution in [0.3, 0.4) is 0 Å². The predicted octanol–water partition coefficient (Wildman–Crippen LogP) is 4.94. The number of benzene rings is 1. The van der Waals surface area contributed by atoms with E-state index in [0.29, 0.717) is 5.75 Å². The number of para-hydroxylation sites is 1. The van der Waals surface area contributed by atoms with Gasteiger partial charge in [0.2, 0.25) is 0 Å². The molecule has 3 heteroatoms. The van der Waals surface area contributed by atoms with Gasteiger partial charge in [-0.2, -0.15) is 0 Å². The molecule has 21 heavy (non-hydrogen) atoms. The lowest BCUT2D eigenvalue weighted by Crippen LogP contribution is -1.92. The molecule has 0 aliphatic carbocycles. The third-order valence-electron chi connectivity index (χ3n) is 3.16. The summed E-state index contributed by atoms with van der Waals surface area (Å²) < 4.78 is 0. The lowest BCUT2D eigenvalue weighted by atomic mass is 10.0. The largest absolute Gasteiger partial charge is 0.508 e. The molecule has 0 aliphatic rings. The van der Waals surface area contributed by atoms with Crippen molar-refractivity contribution >= 4 is 5.97 Å². The number of carboxylic acids is 1. The van der Waals surface area contributed by atoms with Crippen LogP contribution in [0.15, 0.2) is 36.4 Å². The monoisotopic (exact) mass is 292 g/mol. The second kappa shape index (κ2) is 12.0. The first-order valence-electron chi connectivity index (χ1n) is 7.64. The van der Waals surface area contributed by atoms with Crippen LogP contribution < -0.4 is 0 Å². The highest BCUT2D eigenvalue weighted by Gasteiger charge is 1.98. The Kier molecular flexibility index (Phi) is 11.0. The van der Waals surface area contributed by atoms with Crippen molar-refractivity contribution in [3.8, 4) is 5.75 Å². The minimum absolute atomic E-state index is 0.176. The lowest BCUT2D eigenvalue weighted by molar-refractivity contribution is -0.132. The molecule has 3 nitrogen and oxygen atoms in total. The van der Waals surface area contributed by atoms with E-state index >= 15 is 0 Å². The number of phenolic OH excluding ortho intramolecular Hbond substituents is 1. The summed E-state index contributed by atoms with van der Waals surface area (Å²) in [5, 5.41) is 17.4.